The van der Waals surface area contributed by atoms with E-state index in [1.165, 1.54) is 43.7 Å². The number of aliphatic carboxylic acids is 1. The normalized spacial score (nSPS) is 14.8. The van der Waals surface area contributed by atoms with Gasteiger partial charge in [-0.25, -0.2) is 9.78 Å². The molecule has 2 heterocycles. The maximum absolute atomic E-state index is 14.8. The fourth-order valence-electron chi connectivity index (χ4n) is 9.61. The van der Waals surface area contributed by atoms with Crippen molar-refractivity contribution in [3.05, 3.63) is 156 Å². The van der Waals surface area contributed by atoms with E-state index in [2.05, 4.69) is 62.8 Å². The van der Waals surface area contributed by atoms with Gasteiger partial charge in [0, 0.05) is 61.1 Å². The van der Waals surface area contributed by atoms with Crippen LogP contribution in [-0.4, -0.2) is 180 Å². The Hall–Kier alpha value is -10.0. The van der Waals surface area contributed by atoms with E-state index in [0.717, 1.165) is 0 Å². The van der Waals surface area contributed by atoms with Crippen LogP contribution in [0.25, 0.3) is 10.9 Å². The highest BCUT2D eigenvalue weighted by Gasteiger charge is 2.37. The Kier molecular flexibility index (Phi) is 26.0. The van der Waals surface area contributed by atoms with Crippen molar-refractivity contribution in [1.82, 2.24) is 62.8 Å². The molecule has 6 rings (SSSR count). The molecule has 0 aliphatic carbocycles. The van der Waals surface area contributed by atoms with E-state index in [1.807, 2.05) is 0 Å². The number of benzene rings is 4. The van der Waals surface area contributed by atoms with Gasteiger partial charge in [-0.05, 0) is 53.3 Å². The molecule has 90 heavy (non-hydrogen) atoms. The predicted molar refractivity (Wildman–Crippen MR) is 326 cm³/mol. The summed E-state index contributed by atoms with van der Waals surface area (Å²) in [6.07, 6.45) is 2.18. The summed E-state index contributed by atoms with van der Waals surface area (Å²) in [4.78, 5) is 148. The van der Waals surface area contributed by atoms with Gasteiger partial charge in [-0.3, -0.25) is 43.2 Å². The van der Waals surface area contributed by atoms with Crippen molar-refractivity contribution in [2.24, 2.45) is 11.7 Å². The molecule has 480 valence electrons. The first-order valence-electron chi connectivity index (χ1n) is 29.0. The summed E-state index contributed by atoms with van der Waals surface area (Å²) in [5.41, 5.74) is 8.67. The third-order valence-corrected chi connectivity index (χ3v) is 14.9. The molecule has 0 saturated carbocycles. The first-order valence-corrected chi connectivity index (χ1v) is 29.0. The van der Waals surface area contributed by atoms with Crippen LogP contribution in [0.15, 0.2) is 128 Å². The molecule has 28 heteroatoms. The zero-order valence-electron chi connectivity index (χ0n) is 49.7. The lowest BCUT2D eigenvalue weighted by atomic mass is 9.96. The summed E-state index contributed by atoms with van der Waals surface area (Å²) in [6.45, 7) is 1.94. The standard InChI is InChI=1S/C62H77N13O15/c1-4-34(2)52(60(87)71-48(62(89)90)27-40-30-64-33-66-40)74-57(84)47(26-39-29-65-43-18-12-11-17-42(39)43)69-54(81)45(25-38-19-21-41(79)22-20-38)68-58(85)49(31-76)73-59(86)50(32-77)72-55(82)46(24-37-15-9-6-10-16-37)70-61(88)53(35(3)78)75-56(83)44(67-51(80)28-63)23-36-13-7-5-8-14-36/h5-22,29-30,33-35,44-50,52-53,65,76-79H,4,23-28,31-32,63H2,1-3H3,(H,64,66)(H,67,80)(H,68,85)(H,69,81)(H,70,88)(H,71,87)(H,72,82)(H,73,86)(H,74,84)(H,75,83)(H,89,90)/t34-,35+,44-,45-,46-,47-,48-,49-,50-,52-,53-/m0/s1. The highest BCUT2D eigenvalue weighted by molar-refractivity contribution is 5.99. The molecular weight excluding hydrogens is 1170 g/mol. The number of imidazole rings is 1. The van der Waals surface area contributed by atoms with Gasteiger partial charge in [-0.1, -0.05) is 111 Å². The molecule has 0 unspecified atom stereocenters. The minimum absolute atomic E-state index is 0.0302. The molecule has 0 radical (unpaired) electrons. The lowest BCUT2D eigenvalue weighted by Crippen LogP contribution is -2.63. The first kappa shape index (κ1) is 69.1. The number of hydrogen-bond acceptors (Lipinski definition) is 16. The van der Waals surface area contributed by atoms with Crippen molar-refractivity contribution in [3.8, 4) is 5.75 Å². The quantitative estimate of drug-likeness (QED) is 0.0206. The van der Waals surface area contributed by atoms with Crippen LogP contribution in [0.2, 0.25) is 0 Å². The largest absolute Gasteiger partial charge is 0.508 e. The van der Waals surface area contributed by atoms with Crippen LogP contribution in [-0.2, 0) is 80.0 Å². The number of fused-ring (bicyclic) bond motifs is 1. The second-order valence-corrected chi connectivity index (χ2v) is 21.6. The van der Waals surface area contributed by atoms with Crippen LogP contribution in [0, 0.1) is 5.92 Å². The Morgan fingerprint density at radius 3 is 1.42 bits per heavy atom. The summed E-state index contributed by atoms with van der Waals surface area (Å²) < 4.78 is 0. The smallest absolute Gasteiger partial charge is 0.326 e. The summed E-state index contributed by atoms with van der Waals surface area (Å²) in [7, 11) is 0. The Balaban J connectivity index is 1.21. The summed E-state index contributed by atoms with van der Waals surface area (Å²) in [5, 5.41) is 75.3. The number of hydrogen-bond donors (Lipinski definition) is 17. The number of carbonyl (C=O) groups is 10. The average molecular weight is 1240 g/mol. The lowest BCUT2D eigenvalue weighted by Gasteiger charge is -2.29. The molecule has 11 atom stereocenters. The lowest BCUT2D eigenvalue weighted by molar-refractivity contribution is -0.142. The van der Waals surface area contributed by atoms with Gasteiger partial charge in [0.2, 0.25) is 53.2 Å². The van der Waals surface area contributed by atoms with Gasteiger partial charge in [0.1, 0.15) is 60.1 Å². The number of aromatic amines is 2. The number of phenolic OH excluding ortho intramolecular Hbond substituents is 1. The van der Waals surface area contributed by atoms with Gasteiger partial charge in [0.15, 0.2) is 0 Å². The van der Waals surface area contributed by atoms with E-state index in [4.69, 9.17) is 5.73 Å². The van der Waals surface area contributed by atoms with Crippen LogP contribution in [0.4, 0.5) is 0 Å². The number of aliphatic hydroxyl groups is 3. The topological polar surface area (TPSA) is 451 Å². The molecular formula is C62H77N13O15. The van der Waals surface area contributed by atoms with Crippen LogP contribution < -0.4 is 53.6 Å². The summed E-state index contributed by atoms with van der Waals surface area (Å²) >= 11 is 0. The van der Waals surface area contributed by atoms with Crippen molar-refractivity contribution in [2.75, 3.05) is 19.8 Å². The van der Waals surface area contributed by atoms with E-state index in [-0.39, 0.29) is 37.9 Å². The fraction of sp³-hybridized carbons (Fsp3) is 0.371. The highest BCUT2D eigenvalue weighted by Crippen LogP contribution is 2.21. The van der Waals surface area contributed by atoms with Crippen LogP contribution >= 0.6 is 0 Å². The summed E-state index contributed by atoms with van der Waals surface area (Å²) in [5.74, 6) is -10.9. The Labute approximate surface area is 517 Å². The van der Waals surface area contributed by atoms with E-state index < -0.39 is 145 Å². The number of carboxylic acids is 1. The van der Waals surface area contributed by atoms with Crippen LogP contribution in [0.5, 0.6) is 5.75 Å². The second-order valence-electron chi connectivity index (χ2n) is 21.6. The predicted octanol–water partition coefficient (Wildman–Crippen LogP) is -2.07. The van der Waals surface area contributed by atoms with Gasteiger partial charge in [0.25, 0.3) is 0 Å². The number of aliphatic hydroxyl groups excluding tert-OH is 3. The Bertz CT molecular complexity index is 3390. The monoisotopic (exact) mass is 1240 g/mol. The number of carboxylic acid groups (broad SMARTS) is 1. The number of aromatic hydroxyl groups is 1. The number of phenols is 1. The van der Waals surface area contributed by atoms with Gasteiger partial charge >= 0.3 is 5.97 Å². The Morgan fingerprint density at radius 1 is 0.500 bits per heavy atom. The van der Waals surface area contributed by atoms with Crippen molar-refractivity contribution >= 4 is 70.0 Å². The molecule has 6 aromatic rings. The third kappa shape index (κ3) is 20.3. The summed E-state index contributed by atoms with van der Waals surface area (Å²) in [6, 6.07) is 15.3. The average Bonchev–Trinajstić information content (AvgIpc) is 1.78. The van der Waals surface area contributed by atoms with Gasteiger partial charge in [-0.2, -0.15) is 0 Å². The van der Waals surface area contributed by atoms with Gasteiger partial charge in [0.05, 0.1) is 32.2 Å². The second kappa shape index (κ2) is 33.9. The molecule has 9 amide bonds. The van der Waals surface area contributed by atoms with E-state index in [9.17, 15) is 73.5 Å². The molecule has 4 aromatic carbocycles. The van der Waals surface area contributed by atoms with Crippen molar-refractivity contribution in [2.45, 2.75) is 120 Å². The Morgan fingerprint density at radius 2 is 0.933 bits per heavy atom. The molecule has 2 aromatic heterocycles. The zero-order chi connectivity index (χ0) is 65.4. The van der Waals surface area contributed by atoms with E-state index >= 15 is 0 Å². The molecule has 0 bridgehead atoms. The molecule has 0 spiro atoms. The van der Waals surface area contributed by atoms with E-state index in [0.29, 0.717) is 45.3 Å². The fourth-order valence-corrected chi connectivity index (χ4v) is 9.61. The first-order chi connectivity index (χ1) is 43.1. The van der Waals surface area contributed by atoms with Gasteiger partial charge < -0.3 is 89.1 Å². The maximum atomic E-state index is 14.8. The van der Waals surface area contributed by atoms with Crippen LogP contribution in [0.3, 0.4) is 0 Å². The van der Waals surface area contributed by atoms with Crippen LogP contribution in [0.1, 0.15) is 55.1 Å². The highest BCUT2D eigenvalue weighted by atomic mass is 16.4. The molecule has 0 aliphatic rings. The number of nitrogens with one attached hydrogen (secondary N) is 11. The number of para-hydroxylation sites is 1. The molecule has 28 nitrogen and oxygen atoms in total. The molecule has 0 aliphatic heterocycles. The maximum Gasteiger partial charge on any atom is 0.326 e. The van der Waals surface area contributed by atoms with Crippen molar-refractivity contribution < 1.29 is 73.5 Å². The SMILES string of the molecule is CC[C@H](C)[C@H](NC(=O)[C@H](Cc1c[nH]c2ccccc12)NC(=O)[C@H](Cc1ccc(O)cc1)NC(=O)[C@H](CO)NC(=O)[C@H](CO)NC(=O)[C@H](Cc1ccccc1)NC(=O)[C@@H](NC(=O)[C@H](Cc1ccccc1)NC(=O)CN)[C@@H](C)O)C(=O)N[C@@H](Cc1cnc[nH]1)C(=O)O. The number of amides is 9. The third-order valence-electron chi connectivity index (χ3n) is 14.9. The van der Waals surface area contributed by atoms with Crippen molar-refractivity contribution in [3.63, 3.8) is 0 Å². The number of nitrogens with zero attached hydrogens (tertiary/aromatic N) is 1. The molecule has 0 fully saturated rings. The molecule has 0 saturated heterocycles. The number of H-pyrrole nitrogens is 2. The number of nitrogens with two attached hydrogens (primary N) is 1. The number of aromatic nitrogens is 3. The molecule has 18 N–H and O–H groups in total. The number of carbonyl (C=O) groups excluding carboxylic acids is 9. The minimum Gasteiger partial charge on any atom is -0.508 e. The zero-order valence-corrected chi connectivity index (χ0v) is 49.7. The van der Waals surface area contributed by atoms with Gasteiger partial charge in [-0.15, -0.1) is 0 Å². The number of rotatable bonds is 34. The minimum atomic E-state index is -1.89. The van der Waals surface area contributed by atoms with E-state index in [1.54, 1.807) is 105 Å². The van der Waals surface area contributed by atoms with Crippen molar-refractivity contribution in [1.29, 1.82) is 0 Å².